The first kappa shape index (κ1) is 11.9. The average molecular weight is 248 g/mol. The topological polar surface area (TPSA) is 69.7 Å². The Balaban J connectivity index is 2.27. The van der Waals surface area contributed by atoms with Crippen molar-refractivity contribution in [2.75, 3.05) is 19.8 Å². The second kappa shape index (κ2) is 4.00. The number of carbonyl (C=O) groups is 1. The first-order valence-corrected chi connectivity index (χ1v) is 7.01. The third-order valence-corrected chi connectivity index (χ3v) is 6.45. The van der Waals surface area contributed by atoms with E-state index in [4.69, 9.17) is 9.47 Å². The molecule has 5 nitrogen and oxygen atoms in total. The minimum Gasteiger partial charge on any atom is -0.464 e. The van der Waals surface area contributed by atoms with E-state index in [9.17, 15) is 13.2 Å². The van der Waals surface area contributed by atoms with E-state index in [2.05, 4.69) is 0 Å². The summed E-state index contributed by atoms with van der Waals surface area (Å²) in [5.74, 6) is -0.598. The van der Waals surface area contributed by atoms with Gasteiger partial charge in [0.15, 0.2) is 14.6 Å². The Morgan fingerprint density at radius 1 is 1.25 bits per heavy atom. The van der Waals surface area contributed by atoms with Gasteiger partial charge in [-0.1, -0.05) is 0 Å². The summed E-state index contributed by atoms with van der Waals surface area (Å²) in [5.41, 5.74) is 0. The van der Waals surface area contributed by atoms with Gasteiger partial charge in [-0.3, -0.25) is 4.79 Å². The van der Waals surface area contributed by atoms with Crippen LogP contribution in [0.25, 0.3) is 0 Å². The van der Waals surface area contributed by atoms with Crippen LogP contribution in [-0.4, -0.2) is 44.2 Å². The lowest BCUT2D eigenvalue weighted by Crippen LogP contribution is -2.47. The zero-order valence-corrected chi connectivity index (χ0v) is 10.1. The van der Waals surface area contributed by atoms with Gasteiger partial charge in [0.05, 0.1) is 11.9 Å². The molecular formula is C10H16O5S. The number of esters is 1. The van der Waals surface area contributed by atoms with Crippen molar-refractivity contribution in [1.29, 1.82) is 0 Å². The highest BCUT2D eigenvalue weighted by molar-refractivity contribution is 7.94. The van der Waals surface area contributed by atoms with Gasteiger partial charge >= 0.3 is 5.97 Å². The van der Waals surface area contributed by atoms with Gasteiger partial charge in [0.25, 0.3) is 0 Å². The maximum atomic E-state index is 12.4. The van der Waals surface area contributed by atoms with E-state index in [1.165, 1.54) is 6.92 Å². The zero-order chi connectivity index (χ0) is 11.8. The number of hydrogen-bond acceptors (Lipinski definition) is 5. The van der Waals surface area contributed by atoms with Crippen molar-refractivity contribution in [3.05, 3.63) is 0 Å². The number of hydrogen-bond donors (Lipinski definition) is 0. The molecule has 0 aromatic heterocycles. The van der Waals surface area contributed by atoms with Crippen molar-refractivity contribution >= 4 is 15.8 Å². The molecule has 2 aliphatic rings. The van der Waals surface area contributed by atoms with E-state index < -0.39 is 25.8 Å². The summed E-state index contributed by atoms with van der Waals surface area (Å²) in [4.78, 5) is 11.6. The van der Waals surface area contributed by atoms with Crippen LogP contribution in [0.2, 0.25) is 0 Å². The fourth-order valence-corrected chi connectivity index (χ4v) is 4.41. The predicted octanol–water partition coefficient (Wildman–Crippen LogP) is 0.286. The Hall–Kier alpha value is -0.620. The number of cyclic esters (lactones) is 1. The highest BCUT2D eigenvalue weighted by Gasteiger charge is 2.54. The van der Waals surface area contributed by atoms with Gasteiger partial charge in [-0.15, -0.1) is 0 Å². The molecule has 6 heteroatoms. The van der Waals surface area contributed by atoms with Crippen molar-refractivity contribution in [1.82, 2.24) is 0 Å². The van der Waals surface area contributed by atoms with Crippen molar-refractivity contribution in [2.45, 2.75) is 36.2 Å². The van der Waals surface area contributed by atoms with Gasteiger partial charge in [0.2, 0.25) is 0 Å². The second-order valence-corrected chi connectivity index (χ2v) is 7.13. The van der Waals surface area contributed by atoms with Crippen molar-refractivity contribution < 1.29 is 22.7 Å². The smallest absolute Gasteiger partial charge is 0.327 e. The third kappa shape index (κ3) is 1.64. The molecule has 0 amide bonds. The molecule has 2 rings (SSSR count). The maximum absolute atomic E-state index is 12.4. The summed E-state index contributed by atoms with van der Waals surface area (Å²) in [5, 5.41) is -0.461. The number of rotatable bonds is 2. The molecule has 1 unspecified atom stereocenters. The van der Waals surface area contributed by atoms with Crippen LogP contribution in [0.3, 0.4) is 0 Å². The summed E-state index contributed by atoms with van der Waals surface area (Å²) in [6.45, 7) is 2.59. The molecule has 0 aromatic carbocycles. The van der Waals surface area contributed by atoms with E-state index in [1.54, 1.807) is 0 Å². The number of sulfone groups is 1. The van der Waals surface area contributed by atoms with E-state index in [0.717, 1.165) is 0 Å². The van der Waals surface area contributed by atoms with Crippen LogP contribution in [0.1, 0.15) is 26.2 Å². The van der Waals surface area contributed by atoms with Crippen LogP contribution >= 0.6 is 0 Å². The summed E-state index contributed by atoms with van der Waals surface area (Å²) in [7, 11) is -3.47. The minimum absolute atomic E-state index is 0.206. The highest BCUT2D eigenvalue weighted by atomic mass is 32.2. The van der Waals surface area contributed by atoms with Crippen molar-refractivity contribution in [2.24, 2.45) is 0 Å². The molecule has 2 heterocycles. The fourth-order valence-electron chi connectivity index (χ4n) is 2.21. The Bertz CT molecular complexity index is 382. The molecule has 2 saturated heterocycles. The molecule has 0 bridgehead atoms. The van der Waals surface area contributed by atoms with E-state index in [0.29, 0.717) is 26.1 Å². The molecule has 0 N–H and O–H groups in total. The fraction of sp³-hybridized carbons (Fsp3) is 0.900. The maximum Gasteiger partial charge on any atom is 0.327 e. The molecule has 0 saturated carbocycles. The summed E-state index contributed by atoms with van der Waals surface area (Å²) in [6, 6.07) is 0. The van der Waals surface area contributed by atoms with Crippen molar-refractivity contribution in [3.63, 3.8) is 0 Å². The van der Waals surface area contributed by atoms with Gasteiger partial charge in [-0.05, 0) is 19.8 Å². The first-order valence-electron chi connectivity index (χ1n) is 5.47. The van der Waals surface area contributed by atoms with Gasteiger partial charge in [-0.2, -0.15) is 0 Å². The Labute approximate surface area is 95.0 Å². The summed E-state index contributed by atoms with van der Waals surface area (Å²) in [6.07, 6.45) is 1.22. The quantitative estimate of drug-likeness (QED) is 0.657. The molecule has 0 aliphatic carbocycles. The zero-order valence-electron chi connectivity index (χ0n) is 9.27. The molecular weight excluding hydrogens is 232 g/mol. The number of carbonyl (C=O) groups excluding carboxylic acids is 1. The number of ether oxygens (including phenoxy) is 2. The molecule has 16 heavy (non-hydrogen) atoms. The Kier molecular flexibility index (Phi) is 2.96. The van der Waals surface area contributed by atoms with Crippen LogP contribution in [0, 0.1) is 0 Å². The normalized spacial score (nSPS) is 32.7. The van der Waals surface area contributed by atoms with E-state index in [1.807, 2.05) is 0 Å². The van der Waals surface area contributed by atoms with Crippen LogP contribution in [0.5, 0.6) is 0 Å². The molecule has 2 aliphatic heterocycles. The average Bonchev–Trinajstić information content (AvgIpc) is 2.62. The van der Waals surface area contributed by atoms with E-state index >= 15 is 0 Å². The second-order valence-electron chi connectivity index (χ2n) is 4.47. The Morgan fingerprint density at radius 2 is 1.88 bits per heavy atom. The highest BCUT2D eigenvalue weighted by Crippen LogP contribution is 2.34. The summed E-state index contributed by atoms with van der Waals surface area (Å²) >= 11 is 0. The lowest BCUT2D eigenvalue weighted by molar-refractivity contribution is -0.139. The third-order valence-electron chi connectivity index (χ3n) is 3.48. The Morgan fingerprint density at radius 3 is 2.38 bits per heavy atom. The SMILES string of the molecule is CC1(S(=O)(=O)C2CCOCC2)CCOC1=O. The van der Waals surface area contributed by atoms with Crippen LogP contribution in [-0.2, 0) is 24.1 Å². The van der Waals surface area contributed by atoms with Gasteiger partial charge in [0, 0.05) is 19.6 Å². The molecule has 0 aromatic rings. The summed E-state index contributed by atoms with van der Waals surface area (Å²) < 4.78 is 33.3. The lowest BCUT2D eigenvalue weighted by atomic mass is 10.1. The first-order chi connectivity index (χ1) is 7.48. The van der Waals surface area contributed by atoms with Gasteiger partial charge in [-0.25, -0.2) is 8.42 Å². The van der Waals surface area contributed by atoms with E-state index in [-0.39, 0.29) is 13.0 Å². The van der Waals surface area contributed by atoms with Gasteiger partial charge < -0.3 is 9.47 Å². The standard InChI is InChI=1S/C10H16O5S/c1-10(4-7-15-9(10)11)16(12,13)8-2-5-14-6-3-8/h8H,2-7H2,1H3. The van der Waals surface area contributed by atoms with Crippen LogP contribution < -0.4 is 0 Å². The van der Waals surface area contributed by atoms with Crippen molar-refractivity contribution in [3.8, 4) is 0 Å². The molecule has 0 spiro atoms. The monoisotopic (exact) mass is 248 g/mol. The molecule has 1 atom stereocenters. The van der Waals surface area contributed by atoms with Crippen LogP contribution in [0.15, 0.2) is 0 Å². The van der Waals surface area contributed by atoms with Gasteiger partial charge in [0.1, 0.15) is 0 Å². The van der Waals surface area contributed by atoms with Crippen LogP contribution in [0.4, 0.5) is 0 Å². The molecule has 92 valence electrons. The minimum atomic E-state index is -3.47. The largest absolute Gasteiger partial charge is 0.464 e. The molecule has 2 fully saturated rings. The lowest BCUT2D eigenvalue weighted by Gasteiger charge is -2.29. The predicted molar refractivity (Wildman–Crippen MR) is 56.7 cm³/mol. The molecule has 0 radical (unpaired) electrons.